The minimum absolute atomic E-state index is 0.0868. The molecule has 1 aliphatic heterocycles. The fourth-order valence-electron chi connectivity index (χ4n) is 3.34. The van der Waals surface area contributed by atoms with Crippen molar-refractivity contribution in [1.82, 2.24) is 16.0 Å². The van der Waals surface area contributed by atoms with Crippen LogP contribution in [-0.2, 0) is 20.9 Å². The molecule has 9 heteroatoms. The second kappa shape index (κ2) is 11.5. The third-order valence-electron chi connectivity index (χ3n) is 4.93. The Hall–Kier alpha value is -2.68. The average molecular weight is 423 g/mol. The van der Waals surface area contributed by atoms with Crippen LogP contribution in [0.3, 0.4) is 0 Å². The number of aliphatic hydroxyl groups excluding tert-OH is 1. The fraction of sp³-hybridized carbons (Fsp3) is 0.571. The van der Waals surface area contributed by atoms with Crippen molar-refractivity contribution >= 4 is 17.9 Å². The Labute approximate surface area is 175 Å². The maximum atomic E-state index is 13.7. The lowest BCUT2D eigenvalue weighted by atomic mass is 9.97. The van der Waals surface area contributed by atoms with Gasteiger partial charge in [0.1, 0.15) is 18.5 Å². The van der Waals surface area contributed by atoms with Gasteiger partial charge in [0, 0.05) is 18.0 Å². The Bertz CT molecular complexity index is 743. The predicted octanol–water partition coefficient (Wildman–Crippen LogP) is 1.47. The van der Waals surface area contributed by atoms with Crippen LogP contribution in [0.1, 0.15) is 38.7 Å². The summed E-state index contributed by atoms with van der Waals surface area (Å²) in [5, 5.41) is 17.6. The predicted molar refractivity (Wildman–Crippen MR) is 108 cm³/mol. The maximum absolute atomic E-state index is 13.7. The summed E-state index contributed by atoms with van der Waals surface area (Å²) in [5.74, 6) is -1.20. The van der Waals surface area contributed by atoms with E-state index >= 15 is 0 Å². The van der Waals surface area contributed by atoms with Crippen molar-refractivity contribution in [2.75, 3.05) is 13.2 Å². The highest BCUT2D eigenvalue weighted by atomic mass is 19.1. The van der Waals surface area contributed by atoms with E-state index in [9.17, 15) is 23.9 Å². The van der Waals surface area contributed by atoms with Crippen LogP contribution in [0.2, 0.25) is 0 Å². The van der Waals surface area contributed by atoms with Crippen molar-refractivity contribution in [3.63, 3.8) is 0 Å². The first-order valence-electron chi connectivity index (χ1n) is 10.2. The number of amides is 3. The van der Waals surface area contributed by atoms with E-state index in [-0.39, 0.29) is 36.5 Å². The summed E-state index contributed by atoms with van der Waals surface area (Å²) in [6.45, 7) is 3.81. The molecular weight excluding hydrogens is 393 g/mol. The Morgan fingerprint density at radius 1 is 1.30 bits per heavy atom. The molecule has 0 radical (unpaired) electrons. The van der Waals surface area contributed by atoms with Gasteiger partial charge in [0.15, 0.2) is 0 Å². The van der Waals surface area contributed by atoms with Crippen molar-refractivity contribution in [2.45, 2.75) is 51.8 Å². The Morgan fingerprint density at radius 2 is 2.03 bits per heavy atom. The summed E-state index contributed by atoms with van der Waals surface area (Å²) in [7, 11) is 0. The van der Waals surface area contributed by atoms with E-state index in [1.54, 1.807) is 6.07 Å². The van der Waals surface area contributed by atoms with E-state index in [0.29, 0.717) is 25.8 Å². The fourth-order valence-corrected chi connectivity index (χ4v) is 3.34. The lowest BCUT2D eigenvalue weighted by Crippen LogP contribution is -2.51. The Morgan fingerprint density at radius 3 is 2.63 bits per heavy atom. The molecule has 30 heavy (non-hydrogen) atoms. The number of benzene rings is 1. The maximum Gasteiger partial charge on any atom is 0.408 e. The quantitative estimate of drug-likeness (QED) is 0.455. The Balaban J connectivity index is 1.92. The molecule has 0 spiro atoms. The van der Waals surface area contributed by atoms with Gasteiger partial charge < -0.3 is 25.8 Å². The number of halogens is 1. The van der Waals surface area contributed by atoms with Crippen LogP contribution in [0.25, 0.3) is 0 Å². The molecule has 4 N–H and O–H groups in total. The number of carbonyl (C=O) groups excluding carboxylic acids is 3. The first-order chi connectivity index (χ1) is 14.3. The number of alkyl carbamates (subject to hydrolysis) is 1. The van der Waals surface area contributed by atoms with E-state index in [0.717, 1.165) is 0 Å². The summed E-state index contributed by atoms with van der Waals surface area (Å²) in [6.07, 6.45) is 0.485. The molecule has 1 aromatic carbocycles. The highest BCUT2D eigenvalue weighted by Gasteiger charge is 2.30. The van der Waals surface area contributed by atoms with Gasteiger partial charge in [-0.25, -0.2) is 9.18 Å². The average Bonchev–Trinajstić information content (AvgIpc) is 3.10. The SMILES string of the molecule is CC(C)C[C@H](NC(=O)OCc1ccccc1F)C(=O)N[C@H](CO)C[C@@H]1CCNC1=O. The van der Waals surface area contributed by atoms with Gasteiger partial charge in [-0.2, -0.15) is 0 Å². The third kappa shape index (κ3) is 7.29. The first-order valence-corrected chi connectivity index (χ1v) is 10.2. The summed E-state index contributed by atoms with van der Waals surface area (Å²) in [4.78, 5) is 36.6. The molecule has 0 aliphatic carbocycles. The number of rotatable bonds is 10. The van der Waals surface area contributed by atoms with Gasteiger partial charge in [-0.3, -0.25) is 9.59 Å². The van der Waals surface area contributed by atoms with E-state index < -0.39 is 29.9 Å². The molecule has 0 bridgehead atoms. The zero-order valence-electron chi connectivity index (χ0n) is 17.3. The van der Waals surface area contributed by atoms with Crippen LogP contribution in [0.15, 0.2) is 24.3 Å². The second-order valence-corrected chi connectivity index (χ2v) is 7.89. The van der Waals surface area contributed by atoms with Gasteiger partial charge in [0.2, 0.25) is 11.8 Å². The molecule has 1 fully saturated rings. The zero-order chi connectivity index (χ0) is 22.1. The number of aliphatic hydroxyl groups is 1. The highest BCUT2D eigenvalue weighted by molar-refractivity contribution is 5.86. The monoisotopic (exact) mass is 423 g/mol. The van der Waals surface area contributed by atoms with Crippen LogP contribution < -0.4 is 16.0 Å². The van der Waals surface area contributed by atoms with Crippen LogP contribution in [0, 0.1) is 17.7 Å². The minimum Gasteiger partial charge on any atom is -0.445 e. The molecule has 1 saturated heterocycles. The number of carbonyl (C=O) groups is 3. The minimum atomic E-state index is -0.885. The molecule has 3 atom stereocenters. The number of hydrogen-bond acceptors (Lipinski definition) is 5. The summed E-state index contributed by atoms with van der Waals surface area (Å²) >= 11 is 0. The normalized spacial score (nSPS) is 17.9. The lowest BCUT2D eigenvalue weighted by Gasteiger charge is -2.24. The van der Waals surface area contributed by atoms with Crippen LogP contribution in [-0.4, -0.2) is 48.2 Å². The van der Waals surface area contributed by atoms with Crippen LogP contribution in [0.4, 0.5) is 9.18 Å². The van der Waals surface area contributed by atoms with E-state index in [2.05, 4.69) is 16.0 Å². The van der Waals surface area contributed by atoms with E-state index in [4.69, 9.17) is 4.74 Å². The van der Waals surface area contributed by atoms with Crippen LogP contribution >= 0.6 is 0 Å². The van der Waals surface area contributed by atoms with E-state index in [1.807, 2.05) is 13.8 Å². The van der Waals surface area contributed by atoms with Gasteiger partial charge in [-0.15, -0.1) is 0 Å². The van der Waals surface area contributed by atoms with Crippen molar-refractivity contribution in [1.29, 1.82) is 0 Å². The first kappa shape index (κ1) is 23.6. The number of nitrogens with one attached hydrogen (secondary N) is 3. The highest BCUT2D eigenvalue weighted by Crippen LogP contribution is 2.16. The van der Waals surface area contributed by atoms with Gasteiger partial charge in [-0.05, 0) is 31.2 Å². The smallest absolute Gasteiger partial charge is 0.408 e. The van der Waals surface area contributed by atoms with Crippen molar-refractivity contribution in [2.24, 2.45) is 11.8 Å². The number of hydrogen-bond donors (Lipinski definition) is 4. The van der Waals surface area contributed by atoms with Crippen molar-refractivity contribution < 1.29 is 28.6 Å². The molecule has 1 aromatic rings. The standard InChI is InChI=1S/C21H30FN3O5/c1-13(2)9-18(25-21(29)30-12-15-5-3-4-6-17(15)22)20(28)24-16(11-26)10-14-7-8-23-19(14)27/h3-6,13-14,16,18,26H,7-12H2,1-2H3,(H,23,27)(H,24,28)(H,25,29)/t14-,16-,18-/m0/s1. The molecule has 2 rings (SSSR count). The molecule has 1 aliphatic rings. The molecule has 0 saturated carbocycles. The van der Waals surface area contributed by atoms with E-state index in [1.165, 1.54) is 18.2 Å². The molecule has 8 nitrogen and oxygen atoms in total. The van der Waals surface area contributed by atoms with Gasteiger partial charge in [-0.1, -0.05) is 32.0 Å². The molecule has 0 aromatic heterocycles. The summed E-state index contributed by atoms with van der Waals surface area (Å²) in [5.41, 5.74) is 0.229. The van der Waals surface area contributed by atoms with Gasteiger partial charge >= 0.3 is 6.09 Å². The molecule has 0 unspecified atom stereocenters. The number of ether oxygens (including phenoxy) is 1. The Kier molecular flexibility index (Phi) is 9.04. The van der Waals surface area contributed by atoms with Crippen molar-refractivity contribution in [3.8, 4) is 0 Å². The lowest BCUT2D eigenvalue weighted by molar-refractivity contribution is -0.126. The topological polar surface area (TPSA) is 117 Å². The van der Waals surface area contributed by atoms with Crippen LogP contribution in [0.5, 0.6) is 0 Å². The molecular formula is C21H30FN3O5. The summed E-state index contributed by atoms with van der Waals surface area (Å²) in [6, 6.07) is 4.46. The zero-order valence-corrected chi connectivity index (χ0v) is 17.3. The largest absolute Gasteiger partial charge is 0.445 e. The molecule has 166 valence electrons. The third-order valence-corrected chi connectivity index (χ3v) is 4.93. The summed E-state index contributed by atoms with van der Waals surface area (Å²) < 4.78 is 18.7. The van der Waals surface area contributed by atoms with Gasteiger partial charge in [0.05, 0.1) is 12.6 Å². The second-order valence-electron chi connectivity index (χ2n) is 7.89. The van der Waals surface area contributed by atoms with Gasteiger partial charge in [0.25, 0.3) is 0 Å². The molecule has 1 heterocycles. The van der Waals surface area contributed by atoms with Crippen molar-refractivity contribution in [3.05, 3.63) is 35.6 Å². The molecule has 3 amide bonds.